The van der Waals surface area contributed by atoms with Crippen molar-refractivity contribution in [3.63, 3.8) is 0 Å². The van der Waals surface area contributed by atoms with Crippen LogP contribution in [-0.2, 0) is 10.0 Å². The summed E-state index contributed by atoms with van der Waals surface area (Å²) in [5.74, 6) is 0. The highest BCUT2D eigenvalue weighted by Crippen LogP contribution is 2.21. The average molecular weight is 348 g/mol. The fourth-order valence-electron chi connectivity index (χ4n) is 2.27. The van der Waals surface area contributed by atoms with Crippen molar-refractivity contribution in [3.05, 3.63) is 28.8 Å². The molecule has 1 aromatic carbocycles. The zero-order valence-corrected chi connectivity index (χ0v) is 14.2. The molecule has 1 aromatic rings. The van der Waals surface area contributed by atoms with Gasteiger partial charge in [0.2, 0.25) is 10.0 Å². The molecule has 3 nitrogen and oxygen atoms in total. The third kappa shape index (κ3) is 4.89. The summed E-state index contributed by atoms with van der Waals surface area (Å²) >= 11 is 3.36. The van der Waals surface area contributed by atoms with Gasteiger partial charge in [0.1, 0.15) is 0 Å². The number of hydrogen-bond donors (Lipinski definition) is 1. The van der Waals surface area contributed by atoms with Crippen LogP contribution in [0.1, 0.15) is 36.0 Å². The number of nitrogens with one attached hydrogen (secondary N) is 1. The topological polar surface area (TPSA) is 46.2 Å². The molecule has 0 radical (unpaired) electrons. The van der Waals surface area contributed by atoms with E-state index in [2.05, 4.69) is 20.7 Å². The Morgan fingerprint density at radius 1 is 1.05 bits per heavy atom. The Hall–Kier alpha value is -0.390. The summed E-state index contributed by atoms with van der Waals surface area (Å²) < 4.78 is 27.3. The Bertz CT molecular complexity index is 503. The van der Waals surface area contributed by atoms with Crippen molar-refractivity contribution >= 4 is 26.0 Å². The number of rotatable bonds is 7. The van der Waals surface area contributed by atoms with Crippen LogP contribution in [-0.4, -0.2) is 20.3 Å². The first-order valence-electron chi connectivity index (χ1n) is 6.52. The number of sulfonamides is 1. The molecule has 1 rings (SSSR count). The molecule has 19 heavy (non-hydrogen) atoms. The van der Waals surface area contributed by atoms with Crippen molar-refractivity contribution in [1.82, 2.24) is 4.72 Å². The van der Waals surface area contributed by atoms with E-state index >= 15 is 0 Å². The lowest BCUT2D eigenvalue weighted by Crippen LogP contribution is -2.26. The van der Waals surface area contributed by atoms with Crippen LogP contribution >= 0.6 is 15.9 Å². The molecule has 0 atom stereocenters. The van der Waals surface area contributed by atoms with Gasteiger partial charge < -0.3 is 0 Å². The summed E-state index contributed by atoms with van der Waals surface area (Å²) in [6, 6.07) is 3.82. The largest absolute Gasteiger partial charge is 0.241 e. The summed E-state index contributed by atoms with van der Waals surface area (Å²) in [6.45, 7) is 6.17. The Balaban J connectivity index is 2.78. The molecule has 0 spiro atoms. The molecule has 0 aromatic heterocycles. The van der Waals surface area contributed by atoms with E-state index in [-0.39, 0.29) is 0 Å². The number of unbranched alkanes of at least 4 members (excludes halogenated alkanes) is 2. The van der Waals surface area contributed by atoms with Gasteiger partial charge in [-0.15, -0.1) is 0 Å². The molecule has 0 unspecified atom stereocenters. The van der Waals surface area contributed by atoms with Crippen LogP contribution in [0.25, 0.3) is 0 Å². The lowest BCUT2D eigenvalue weighted by molar-refractivity contribution is 0.575. The van der Waals surface area contributed by atoms with Crippen molar-refractivity contribution in [2.24, 2.45) is 0 Å². The number of benzene rings is 1. The standard InChI is InChI=1S/C14H22BrNO2S/c1-11-9-12(2)14(13(3)10-11)19(17,18)16-8-6-4-5-7-15/h9-10,16H,4-8H2,1-3H3. The molecule has 108 valence electrons. The van der Waals surface area contributed by atoms with Gasteiger partial charge in [-0.1, -0.05) is 40.0 Å². The summed E-state index contributed by atoms with van der Waals surface area (Å²) in [5, 5.41) is 0.968. The number of alkyl halides is 1. The van der Waals surface area contributed by atoms with Crippen molar-refractivity contribution in [2.45, 2.75) is 44.9 Å². The van der Waals surface area contributed by atoms with Crippen LogP contribution in [0, 0.1) is 20.8 Å². The summed E-state index contributed by atoms with van der Waals surface area (Å²) in [6.07, 6.45) is 2.97. The Morgan fingerprint density at radius 2 is 1.63 bits per heavy atom. The zero-order valence-electron chi connectivity index (χ0n) is 11.8. The van der Waals surface area contributed by atoms with Crippen LogP contribution in [0.2, 0.25) is 0 Å². The van der Waals surface area contributed by atoms with Gasteiger partial charge in [0.15, 0.2) is 0 Å². The van der Waals surface area contributed by atoms with Gasteiger partial charge in [-0.2, -0.15) is 0 Å². The molecular formula is C14H22BrNO2S. The maximum Gasteiger partial charge on any atom is 0.241 e. The third-order valence-electron chi connectivity index (χ3n) is 2.98. The van der Waals surface area contributed by atoms with Crippen LogP contribution in [0.3, 0.4) is 0 Å². The second-order valence-corrected chi connectivity index (χ2v) is 7.37. The predicted octanol–water partition coefficient (Wildman–Crippen LogP) is 3.46. The summed E-state index contributed by atoms with van der Waals surface area (Å²) in [4.78, 5) is 0.429. The molecule has 5 heteroatoms. The lowest BCUT2D eigenvalue weighted by atomic mass is 10.1. The number of halogens is 1. The van der Waals surface area contributed by atoms with Crippen molar-refractivity contribution in [1.29, 1.82) is 0 Å². The highest BCUT2D eigenvalue weighted by Gasteiger charge is 2.18. The molecule has 0 heterocycles. The quantitative estimate of drug-likeness (QED) is 0.606. The third-order valence-corrected chi connectivity index (χ3v) is 5.30. The van der Waals surface area contributed by atoms with E-state index < -0.39 is 10.0 Å². The zero-order chi connectivity index (χ0) is 14.5. The number of aryl methyl sites for hydroxylation is 3. The van der Waals surface area contributed by atoms with Crippen molar-refractivity contribution < 1.29 is 8.42 Å². The molecule has 0 bridgehead atoms. The molecule has 1 N–H and O–H groups in total. The van der Waals surface area contributed by atoms with Gasteiger partial charge in [-0.05, 0) is 44.7 Å². The van der Waals surface area contributed by atoms with E-state index in [1.165, 1.54) is 0 Å². The molecule has 0 aliphatic heterocycles. The maximum absolute atomic E-state index is 12.3. The summed E-state index contributed by atoms with van der Waals surface area (Å²) in [7, 11) is -3.39. The first kappa shape index (κ1) is 16.7. The van der Waals surface area contributed by atoms with Gasteiger partial charge in [-0.3, -0.25) is 0 Å². The van der Waals surface area contributed by atoms with Crippen LogP contribution in [0.5, 0.6) is 0 Å². The first-order chi connectivity index (χ1) is 8.88. The molecule has 0 amide bonds. The Kier molecular flexibility index (Phi) is 6.50. The molecular weight excluding hydrogens is 326 g/mol. The Labute approximate surface area is 125 Å². The monoisotopic (exact) mass is 347 g/mol. The Morgan fingerprint density at radius 3 is 2.16 bits per heavy atom. The van der Waals surface area contributed by atoms with Crippen molar-refractivity contribution in [2.75, 3.05) is 11.9 Å². The second-order valence-electron chi connectivity index (χ2n) is 4.88. The molecule has 0 fully saturated rings. The lowest BCUT2D eigenvalue weighted by Gasteiger charge is -2.13. The fourth-order valence-corrected chi connectivity index (χ4v) is 4.19. The minimum atomic E-state index is -3.39. The number of hydrogen-bond acceptors (Lipinski definition) is 2. The molecule has 0 aliphatic rings. The smallest absolute Gasteiger partial charge is 0.211 e. The fraction of sp³-hybridized carbons (Fsp3) is 0.571. The van der Waals surface area contributed by atoms with E-state index in [4.69, 9.17) is 0 Å². The van der Waals surface area contributed by atoms with Crippen LogP contribution < -0.4 is 4.72 Å². The highest BCUT2D eigenvalue weighted by atomic mass is 79.9. The van der Waals surface area contributed by atoms with E-state index in [9.17, 15) is 8.42 Å². The van der Waals surface area contributed by atoms with Crippen molar-refractivity contribution in [3.8, 4) is 0 Å². The first-order valence-corrected chi connectivity index (χ1v) is 9.12. The normalized spacial score (nSPS) is 11.8. The summed E-state index contributed by atoms with van der Waals surface area (Å²) in [5.41, 5.74) is 2.71. The van der Waals surface area contributed by atoms with Gasteiger partial charge in [0, 0.05) is 11.9 Å². The van der Waals surface area contributed by atoms with Gasteiger partial charge >= 0.3 is 0 Å². The average Bonchev–Trinajstić information content (AvgIpc) is 2.26. The second kappa shape index (κ2) is 7.41. The van der Waals surface area contributed by atoms with E-state index in [1.54, 1.807) is 0 Å². The van der Waals surface area contributed by atoms with E-state index in [0.29, 0.717) is 11.4 Å². The van der Waals surface area contributed by atoms with Crippen LogP contribution in [0.15, 0.2) is 17.0 Å². The van der Waals surface area contributed by atoms with Crippen LogP contribution in [0.4, 0.5) is 0 Å². The van der Waals surface area contributed by atoms with E-state index in [1.807, 2.05) is 32.9 Å². The van der Waals surface area contributed by atoms with Gasteiger partial charge in [-0.25, -0.2) is 13.1 Å². The van der Waals surface area contributed by atoms with E-state index in [0.717, 1.165) is 41.3 Å². The molecule has 0 saturated heterocycles. The van der Waals surface area contributed by atoms with Gasteiger partial charge in [0.05, 0.1) is 4.90 Å². The molecule has 0 saturated carbocycles. The molecule has 0 aliphatic carbocycles. The highest BCUT2D eigenvalue weighted by molar-refractivity contribution is 9.09. The SMILES string of the molecule is Cc1cc(C)c(S(=O)(=O)NCCCCCBr)c(C)c1. The maximum atomic E-state index is 12.3. The van der Waals surface area contributed by atoms with Gasteiger partial charge in [0.25, 0.3) is 0 Å². The minimum absolute atomic E-state index is 0.429. The predicted molar refractivity (Wildman–Crippen MR) is 83.5 cm³/mol. The minimum Gasteiger partial charge on any atom is -0.211 e.